The summed E-state index contributed by atoms with van der Waals surface area (Å²) in [6.45, 7) is 0. The molecule has 3 rings (SSSR count). The summed E-state index contributed by atoms with van der Waals surface area (Å²) in [7, 11) is 0. The van der Waals surface area contributed by atoms with E-state index in [4.69, 9.17) is 0 Å². The Balaban J connectivity index is 0.000000963. The Kier molecular flexibility index (Phi) is 2.96. The van der Waals surface area contributed by atoms with Crippen molar-refractivity contribution >= 4 is 45.8 Å². The van der Waals surface area contributed by atoms with Gasteiger partial charge in [-0.3, -0.25) is 0 Å². The first kappa shape index (κ1) is 11.1. The molecule has 3 aromatic rings. The van der Waals surface area contributed by atoms with E-state index in [1.54, 1.807) is 0 Å². The summed E-state index contributed by atoms with van der Waals surface area (Å²) in [6.07, 6.45) is 0. The first-order valence-electron chi connectivity index (χ1n) is 4.83. The molecule has 0 aliphatic heterocycles. The van der Waals surface area contributed by atoms with Crippen molar-refractivity contribution < 1.29 is 5.11 Å². The number of nitrogens with zero attached hydrogens (tertiary/aromatic N) is 1. The lowest BCUT2D eigenvalue weighted by molar-refractivity contribution is 0.487. The van der Waals surface area contributed by atoms with Gasteiger partial charge in [0.1, 0.15) is 5.75 Å². The number of pyridine rings is 1. The van der Waals surface area contributed by atoms with E-state index in [9.17, 15) is 5.11 Å². The first-order chi connectivity index (χ1) is 7.36. The molecular weight excluding hydrogens is 313 g/mol. The van der Waals surface area contributed by atoms with E-state index in [-0.39, 0.29) is 24.0 Å². The van der Waals surface area contributed by atoms with Crippen molar-refractivity contribution in [1.29, 1.82) is 0 Å². The van der Waals surface area contributed by atoms with Crippen LogP contribution in [0.1, 0.15) is 0 Å². The smallest absolute Gasteiger partial charge is 0.134 e. The number of para-hydroxylation sites is 2. The number of benzene rings is 2. The molecule has 1 aromatic heterocycles. The summed E-state index contributed by atoms with van der Waals surface area (Å²) in [5.41, 5.74) is 1.66. The van der Waals surface area contributed by atoms with Gasteiger partial charge in [-0.15, -0.1) is 24.0 Å². The number of aromatic nitrogens is 1. The maximum absolute atomic E-state index is 10.1. The highest BCUT2D eigenvalue weighted by Gasteiger charge is 2.05. The average molecular weight is 323 g/mol. The van der Waals surface area contributed by atoms with E-state index in [2.05, 4.69) is 4.98 Å². The largest absolute Gasteiger partial charge is 0.507 e. The lowest BCUT2D eigenvalue weighted by Crippen LogP contribution is -1.82. The normalized spacial score (nSPS) is 10.2. The molecule has 0 bridgehead atoms. The molecule has 0 atom stereocenters. The Morgan fingerprint density at radius 3 is 1.69 bits per heavy atom. The fraction of sp³-hybridized carbons (Fsp3) is 0. The molecule has 0 aliphatic carbocycles. The van der Waals surface area contributed by atoms with Crippen LogP contribution in [-0.2, 0) is 0 Å². The summed E-state index contributed by atoms with van der Waals surface area (Å²) < 4.78 is 0. The monoisotopic (exact) mass is 323 g/mol. The zero-order valence-corrected chi connectivity index (χ0v) is 10.8. The minimum absolute atomic E-state index is 0. The highest BCUT2D eigenvalue weighted by atomic mass is 127. The van der Waals surface area contributed by atoms with Crippen LogP contribution in [0.5, 0.6) is 5.75 Å². The van der Waals surface area contributed by atoms with E-state index >= 15 is 0 Å². The van der Waals surface area contributed by atoms with Crippen LogP contribution in [0, 0.1) is 0 Å². The summed E-state index contributed by atoms with van der Waals surface area (Å²) in [4.78, 5) is 4.48. The molecule has 0 amide bonds. The molecular formula is C13H10INO. The molecule has 0 saturated heterocycles. The van der Waals surface area contributed by atoms with Crippen LogP contribution < -0.4 is 0 Å². The summed E-state index contributed by atoms with van der Waals surface area (Å²) >= 11 is 0. The maximum atomic E-state index is 10.1. The number of hydrogen-bond donors (Lipinski definition) is 1. The molecule has 0 unspecified atom stereocenters. The minimum Gasteiger partial charge on any atom is -0.507 e. The predicted octanol–water partition coefficient (Wildman–Crippen LogP) is 3.71. The molecule has 16 heavy (non-hydrogen) atoms. The fourth-order valence-electron chi connectivity index (χ4n) is 1.82. The van der Waals surface area contributed by atoms with Gasteiger partial charge in [0.25, 0.3) is 0 Å². The second-order valence-electron chi connectivity index (χ2n) is 3.49. The Morgan fingerprint density at radius 2 is 1.19 bits per heavy atom. The number of halogens is 1. The Bertz CT molecular complexity index is 598. The van der Waals surface area contributed by atoms with E-state index in [1.807, 2.05) is 48.5 Å². The van der Waals surface area contributed by atoms with Crippen LogP contribution in [0.3, 0.4) is 0 Å². The van der Waals surface area contributed by atoms with Crippen LogP contribution >= 0.6 is 24.0 Å². The van der Waals surface area contributed by atoms with E-state index in [0.717, 1.165) is 21.8 Å². The van der Waals surface area contributed by atoms with Crippen LogP contribution in [-0.4, -0.2) is 10.1 Å². The molecule has 0 saturated carbocycles. The third kappa shape index (κ3) is 1.61. The van der Waals surface area contributed by atoms with Gasteiger partial charge in [0.2, 0.25) is 0 Å². The van der Waals surface area contributed by atoms with Gasteiger partial charge in [-0.25, -0.2) is 4.98 Å². The average Bonchev–Trinajstić information content (AvgIpc) is 2.30. The maximum Gasteiger partial charge on any atom is 0.134 e. The highest BCUT2D eigenvalue weighted by Crippen LogP contribution is 2.30. The van der Waals surface area contributed by atoms with Gasteiger partial charge in [-0.2, -0.15) is 0 Å². The summed E-state index contributed by atoms with van der Waals surface area (Å²) in [6, 6.07) is 15.2. The van der Waals surface area contributed by atoms with Crippen molar-refractivity contribution in [3.05, 3.63) is 48.5 Å². The molecule has 2 aromatic carbocycles. The number of rotatable bonds is 0. The predicted molar refractivity (Wildman–Crippen MR) is 76.3 cm³/mol. The zero-order chi connectivity index (χ0) is 10.3. The molecule has 0 fully saturated rings. The second-order valence-corrected chi connectivity index (χ2v) is 3.49. The van der Waals surface area contributed by atoms with Gasteiger partial charge in [0, 0.05) is 10.8 Å². The fourth-order valence-corrected chi connectivity index (χ4v) is 1.82. The number of aromatic hydroxyl groups is 1. The van der Waals surface area contributed by atoms with Crippen molar-refractivity contribution in [2.24, 2.45) is 0 Å². The molecule has 0 spiro atoms. The van der Waals surface area contributed by atoms with Gasteiger partial charge in [-0.05, 0) is 24.3 Å². The Morgan fingerprint density at radius 1 is 0.750 bits per heavy atom. The third-order valence-electron chi connectivity index (χ3n) is 2.56. The summed E-state index contributed by atoms with van der Waals surface area (Å²) in [5, 5.41) is 11.7. The Labute approximate surface area is 110 Å². The third-order valence-corrected chi connectivity index (χ3v) is 2.56. The van der Waals surface area contributed by atoms with E-state index in [0.29, 0.717) is 5.75 Å². The van der Waals surface area contributed by atoms with Crippen molar-refractivity contribution in [3.63, 3.8) is 0 Å². The number of hydrogen-bond acceptors (Lipinski definition) is 2. The zero-order valence-electron chi connectivity index (χ0n) is 8.42. The van der Waals surface area contributed by atoms with Crippen molar-refractivity contribution in [3.8, 4) is 5.75 Å². The SMILES string of the molecule is I.Oc1c2ccccc2nc2ccccc12. The molecule has 0 aliphatic rings. The van der Waals surface area contributed by atoms with Gasteiger partial charge in [0.15, 0.2) is 0 Å². The minimum atomic E-state index is 0. The molecule has 80 valence electrons. The topological polar surface area (TPSA) is 33.1 Å². The molecule has 2 nitrogen and oxygen atoms in total. The van der Waals surface area contributed by atoms with Crippen LogP contribution in [0.2, 0.25) is 0 Å². The van der Waals surface area contributed by atoms with Crippen molar-refractivity contribution in [2.75, 3.05) is 0 Å². The molecule has 1 heterocycles. The Hall–Kier alpha value is -1.36. The van der Waals surface area contributed by atoms with Crippen LogP contribution in [0.15, 0.2) is 48.5 Å². The number of fused-ring (bicyclic) bond motifs is 2. The first-order valence-corrected chi connectivity index (χ1v) is 4.83. The quantitative estimate of drug-likeness (QED) is 0.505. The van der Waals surface area contributed by atoms with Gasteiger partial charge < -0.3 is 5.11 Å². The van der Waals surface area contributed by atoms with Gasteiger partial charge in [-0.1, -0.05) is 24.3 Å². The molecule has 0 radical (unpaired) electrons. The van der Waals surface area contributed by atoms with E-state index < -0.39 is 0 Å². The summed E-state index contributed by atoms with van der Waals surface area (Å²) in [5.74, 6) is 0.316. The standard InChI is InChI=1S/C13H9NO.HI/c15-13-9-5-1-3-7-11(9)14-12-8-4-2-6-10(12)13;/h1-8H,(H,14,15);1H. The molecule has 3 heteroatoms. The van der Waals surface area contributed by atoms with Crippen molar-refractivity contribution in [2.45, 2.75) is 0 Å². The van der Waals surface area contributed by atoms with Gasteiger partial charge in [0.05, 0.1) is 11.0 Å². The van der Waals surface area contributed by atoms with Gasteiger partial charge >= 0.3 is 0 Å². The molecule has 1 N–H and O–H groups in total. The second kappa shape index (κ2) is 4.25. The highest BCUT2D eigenvalue weighted by molar-refractivity contribution is 14.0. The van der Waals surface area contributed by atoms with E-state index in [1.165, 1.54) is 0 Å². The van der Waals surface area contributed by atoms with Crippen LogP contribution in [0.4, 0.5) is 0 Å². The van der Waals surface area contributed by atoms with Crippen molar-refractivity contribution in [1.82, 2.24) is 4.98 Å². The lowest BCUT2D eigenvalue weighted by Gasteiger charge is -2.04. The van der Waals surface area contributed by atoms with Crippen LogP contribution in [0.25, 0.3) is 21.8 Å². The lowest BCUT2D eigenvalue weighted by atomic mass is 10.1.